The maximum absolute atomic E-state index is 12.2. The van der Waals surface area contributed by atoms with Crippen LogP contribution in [0, 0.1) is 0 Å². The van der Waals surface area contributed by atoms with Gasteiger partial charge < -0.3 is 14.8 Å². The van der Waals surface area contributed by atoms with Crippen LogP contribution in [0.15, 0.2) is 18.2 Å². The summed E-state index contributed by atoms with van der Waals surface area (Å²) in [7, 11) is 0. The van der Waals surface area contributed by atoms with Crippen molar-refractivity contribution in [3.63, 3.8) is 0 Å². The van der Waals surface area contributed by atoms with Crippen LogP contribution in [-0.2, 0) is 11.2 Å². The molecule has 3 rings (SSSR count). The molecule has 2 aliphatic heterocycles. The highest BCUT2D eigenvalue weighted by Crippen LogP contribution is 2.29. The molecule has 1 fully saturated rings. The van der Waals surface area contributed by atoms with Crippen molar-refractivity contribution in [2.75, 3.05) is 26.3 Å². The summed E-state index contributed by atoms with van der Waals surface area (Å²) in [5.74, 6) is 0.790. The van der Waals surface area contributed by atoms with Gasteiger partial charge in [-0.3, -0.25) is 4.79 Å². The number of ketones is 1. The van der Waals surface area contributed by atoms with Crippen LogP contribution in [0.4, 0.5) is 0 Å². The molecular formula is C15H19NO3. The third-order valence-electron chi connectivity index (χ3n) is 3.75. The fourth-order valence-corrected chi connectivity index (χ4v) is 2.67. The molecule has 0 aliphatic carbocycles. The third-order valence-corrected chi connectivity index (χ3v) is 3.75. The van der Waals surface area contributed by atoms with Gasteiger partial charge in [-0.1, -0.05) is 12.1 Å². The lowest BCUT2D eigenvalue weighted by molar-refractivity contribution is 0.0316. The number of rotatable bonds is 4. The van der Waals surface area contributed by atoms with E-state index in [-0.39, 0.29) is 18.5 Å². The molecular weight excluding hydrogens is 242 g/mol. The van der Waals surface area contributed by atoms with Crippen molar-refractivity contribution in [2.45, 2.75) is 25.4 Å². The van der Waals surface area contributed by atoms with Crippen LogP contribution in [-0.4, -0.2) is 38.2 Å². The van der Waals surface area contributed by atoms with E-state index >= 15 is 0 Å². The van der Waals surface area contributed by atoms with Crippen LogP contribution < -0.4 is 10.1 Å². The normalized spacial score (nSPS) is 18.9. The van der Waals surface area contributed by atoms with Gasteiger partial charge in [0.1, 0.15) is 12.4 Å². The van der Waals surface area contributed by atoms with Crippen molar-refractivity contribution in [2.24, 2.45) is 0 Å². The highest BCUT2D eigenvalue weighted by atomic mass is 16.5. The molecule has 0 saturated carbocycles. The van der Waals surface area contributed by atoms with Crippen molar-refractivity contribution >= 4 is 5.78 Å². The molecule has 0 atom stereocenters. The Morgan fingerprint density at radius 3 is 3.05 bits per heavy atom. The summed E-state index contributed by atoms with van der Waals surface area (Å²) in [5, 5.41) is 3.28. The average molecular weight is 261 g/mol. The first kappa shape index (κ1) is 12.6. The molecule has 19 heavy (non-hydrogen) atoms. The van der Waals surface area contributed by atoms with E-state index in [9.17, 15) is 4.79 Å². The molecule has 2 heterocycles. The van der Waals surface area contributed by atoms with Crippen molar-refractivity contribution in [3.8, 4) is 5.75 Å². The van der Waals surface area contributed by atoms with E-state index in [1.54, 1.807) is 0 Å². The standard InChI is InChI=1S/C15H19NO3/c17-14(10-19-12-4-7-16-8-5-12)13-3-1-2-11-6-9-18-15(11)13/h1-3,12,16H,4-10H2. The lowest BCUT2D eigenvalue weighted by atomic mass is 10.0. The van der Waals surface area contributed by atoms with Crippen molar-refractivity contribution in [1.82, 2.24) is 5.32 Å². The van der Waals surface area contributed by atoms with E-state index in [0.717, 1.165) is 43.7 Å². The molecule has 0 aromatic heterocycles. The monoisotopic (exact) mass is 261 g/mol. The second-order valence-electron chi connectivity index (χ2n) is 5.08. The number of piperidine rings is 1. The minimum absolute atomic E-state index is 0.0253. The number of hydrogen-bond donors (Lipinski definition) is 1. The average Bonchev–Trinajstić information content (AvgIpc) is 2.94. The summed E-state index contributed by atoms with van der Waals surface area (Å²) in [5.41, 5.74) is 1.80. The van der Waals surface area contributed by atoms with Gasteiger partial charge in [-0.25, -0.2) is 0 Å². The predicted molar refractivity (Wildman–Crippen MR) is 71.8 cm³/mol. The molecule has 1 saturated heterocycles. The number of nitrogens with one attached hydrogen (secondary N) is 1. The van der Waals surface area contributed by atoms with E-state index < -0.39 is 0 Å². The van der Waals surface area contributed by atoms with Crippen LogP contribution in [0.1, 0.15) is 28.8 Å². The number of carbonyl (C=O) groups excluding carboxylic acids is 1. The van der Waals surface area contributed by atoms with Crippen LogP contribution in [0.5, 0.6) is 5.75 Å². The smallest absolute Gasteiger partial charge is 0.192 e. The van der Waals surface area contributed by atoms with E-state index in [2.05, 4.69) is 5.32 Å². The summed E-state index contributed by atoms with van der Waals surface area (Å²) < 4.78 is 11.3. The summed E-state index contributed by atoms with van der Waals surface area (Å²) in [6, 6.07) is 5.77. The first-order chi connectivity index (χ1) is 9.34. The van der Waals surface area contributed by atoms with Gasteiger partial charge in [0, 0.05) is 6.42 Å². The van der Waals surface area contributed by atoms with Gasteiger partial charge in [0.05, 0.1) is 18.3 Å². The molecule has 4 heteroatoms. The summed E-state index contributed by atoms with van der Waals surface area (Å²) in [6.45, 7) is 2.78. The lowest BCUT2D eigenvalue weighted by Crippen LogP contribution is -2.33. The predicted octanol–water partition coefficient (Wildman–Crippen LogP) is 1.57. The lowest BCUT2D eigenvalue weighted by Gasteiger charge is -2.22. The van der Waals surface area contributed by atoms with E-state index in [1.165, 1.54) is 0 Å². The van der Waals surface area contributed by atoms with Gasteiger partial charge in [-0.2, -0.15) is 0 Å². The van der Waals surface area contributed by atoms with Crippen LogP contribution in [0.2, 0.25) is 0 Å². The van der Waals surface area contributed by atoms with E-state index in [0.29, 0.717) is 12.2 Å². The Balaban J connectivity index is 1.62. The Labute approximate surface area is 113 Å². The number of Topliss-reactive ketones (excluding diaryl/α,β-unsaturated/α-hetero) is 1. The highest BCUT2D eigenvalue weighted by molar-refractivity contribution is 6.00. The maximum atomic E-state index is 12.2. The fourth-order valence-electron chi connectivity index (χ4n) is 2.67. The summed E-state index contributed by atoms with van der Waals surface area (Å²) in [6.07, 6.45) is 3.07. The fraction of sp³-hybridized carbons (Fsp3) is 0.533. The minimum atomic E-state index is 0.0253. The molecule has 1 aromatic carbocycles. The highest BCUT2D eigenvalue weighted by Gasteiger charge is 2.21. The number of para-hydroxylation sites is 1. The van der Waals surface area contributed by atoms with Gasteiger partial charge in [0.25, 0.3) is 0 Å². The molecule has 1 N–H and O–H groups in total. The van der Waals surface area contributed by atoms with Crippen LogP contribution in [0.25, 0.3) is 0 Å². The SMILES string of the molecule is O=C(COC1CCNCC1)c1cccc2c1OCC2. The Morgan fingerprint density at radius 2 is 2.21 bits per heavy atom. The van der Waals surface area contributed by atoms with Gasteiger partial charge in [-0.15, -0.1) is 0 Å². The maximum Gasteiger partial charge on any atom is 0.192 e. The number of ether oxygens (including phenoxy) is 2. The largest absolute Gasteiger partial charge is 0.492 e. The Kier molecular flexibility index (Phi) is 3.80. The Morgan fingerprint density at radius 1 is 1.37 bits per heavy atom. The zero-order valence-electron chi connectivity index (χ0n) is 11.0. The molecule has 2 aliphatic rings. The molecule has 102 valence electrons. The molecule has 4 nitrogen and oxygen atoms in total. The number of hydrogen-bond acceptors (Lipinski definition) is 4. The van der Waals surface area contributed by atoms with E-state index in [1.807, 2.05) is 18.2 Å². The third kappa shape index (κ3) is 2.80. The first-order valence-corrected chi connectivity index (χ1v) is 6.95. The second-order valence-corrected chi connectivity index (χ2v) is 5.08. The van der Waals surface area contributed by atoms with E-state index in [4.69, 9.17) is 9.47 Å². The van der Waals surface area contributed by atoms with Gasteiger partial charge in [-0.05, 0) is 37.6 Å². The quantitative estimate of drug-likeness (QED) is 0.836. The number of benzene rings is 1. The van der Waals surface area contributed by atoms with Gasteiger partial charge in [0.2, 0.25) is 0 Å². The van der Waals surface area contributed by atoms with Gasteiger partial charge >= 0.3 is 0 Å². The topological polar surface area (TPSA) is 47.6 Å². The molecule has 0 radical (unpaired) electrons. The molecule has 0 spiro atoms. The number of carbonyl (C=O) groups is 1. The molecule has 0 bridgehead atoms. The zero-order chi connectivity index (χ0) is 13.1. The Bertz CT molecular complexity index is 466. The van der Waals surface area contributed by atoms with Crippen LogP contribution in [0.3, 0.4) is 0 Å². The summed E-state index contributed by atoms with van der Waals surface area (Å²) in [4.78, 5) is 12.2. The zero-order valence-corrected chi connectivity index (χ0v) is 11.0. The van der Waals surface area contributed by atoms with Crippen molar-refractivity contribution in [3.05, 3.63) is 29.3 Å². The Hall–Kier alpha value is -1.39. The molecule has 1 aromatic rings. The van der Waals surface area contributed by atoms with Crippen LogP contribution >= 0.6 is 0 Å². The molecule has 0 amide bonds. The van der Waals surface area contributed by atoms with Crippen molar-refractivity contribution < 1.29 is 14.3 Å². The minimum Gasteiger partial charge on any atom is -0.492 e. The first-order valence-electron chi connectivity index (χ1n) is 6.95. The molecule has 0 unspecified atom stereocenters. The second kappa shape index (κ2) is 5.72. The van der Waals surface area contributed by atoms with Gasteiger partial charge in [0.15, 0.2) is 5.78 Å². The summed E-state index contributed by atoms with van der Waals surface area (Å²) >= 11 is 0. The number of fused-ring (bicyclic) bond motifs is 1. The van der Waals surface area contributed by atoms with Crippen molar-refractivity contribution in [1.29, 1.82) is 0 Å².